The Morgan fingerprint density at radius 2 is 1.85 bits per heavy atom. The molecule has 0 spiro atoms. The van der Waals surface area contributed by atoms with Gasteiger partial charge in [-0.25, -0.2) is 0 Å². The van der Waals surface area contributed by atoms with Crippen LogP contribution < -0.4 is 10.6 Å². The number of nitrogens with zero attached hydrogens (tertiary/aromatic N) is 3. The number of hydrogen-bond donors (Lipinski definition) is 2. The Morgan fingerprint density at radius 3 is 2.44 bits per heavy atom. The normalized spacial score (nSPS) is 17.6. The Morgan fingerprint density at radius 1 is 1.15 bits per heavy atom. The molecule has 2 aromatic rings. The summed E-state index contributed by atoms with van der Waals surface area (Å²) in [7, 11) is 0. The number of rotatable bonds is 5. The first-order valence-electron chi connectivity index (χ1n) is 11.6. The van der Waals surface area contributed by atoms with Crippen LogP contribution in [0.4, 0.5) is 24.7 Å². The molecule has 0 unspecified atom stereocenters. The zero-order chi connectivity index (χ0) is 25.3. The molecule has 186 valence electrons. The van der Waals surface area contributed by atoms with E-state index in [1.54, 1.807) is 26.8 Å². The highest BCUT2D eigenvalue weighted by molar-refractivity contribution is 5.98. The number of aryl methyl sites for hydroxylation is 1. The lowest BCUT2D eigenvalue weighted by atomic mass is 9.95. The van der Waals surface area contributed by atoms with Crippen LogP contribution in [0.2, 0.25) is 0 Å². The molecule has 1 saturated heterocycles. The topological polar surface area (TPSA) is 70.1 Å². The number of piperidine rings is 1. The quantitative estimate of drug-likeness (QED) is 0.575. The molecular weight excluding hydrogens is 443 g/mol. The summed E-state index contributed by atoms with van der Waals surface area (Å²) < 4.78 is 40.0. The maximum Gasteiger partial charge on any atom is 0.416 e. The van der Waals surface area contributed by atoms with Crippen molar-refractivity contribution in [2.24, 2.45) is 5.41 Å². The molecule has 34 heavy (non-hydrogen) atoms. The van der Waals surface area contributed by atoms with E-state index < -0.39 is 17.2 Å². The summed E-state index contributed by atoms with van der Waals surface area (Å²) in [6.45, 7) is 13.4. The van der Waals surface area contributed by atoms with Gasteiger partial charge in [-0.15, -0.1) is 10.2 Å². The summed E-state index contributed by atoms with van der Waals surface area (Å²) in [5.74, 6) is 0.273. The fourth-order valence-corrected chi connectivity index (χ4v) is 3.90. The predicted octanol–water partition coefficient (Wildman–Crippen LogP) is 5.74. The van der Waals surface area contributed by atoms with Crippen LogP contribution in [0.1, 0.15) is 58.6 Å². The number of likely N-dealkylation sites (tertiary alicyclic amines) is 1. The highest BCUT2D eigenvalue weighted by Gasteiger charge is 2.32. The van der Waals surface area contributed by atoms with Gasteiger partial charge in [-0.3, -0.25) is 9.69 Å². The van der Waals surface area contributed by atoms with Crippen LogP contribution in [0.5, 0.6) is 0 Å². The molecule has 1 aromatic carbocycles. The first-order valence-corrected chi connectivity index (χ1v) is 11.6. The number of carbonyl (C=O) groups is 1. The third kappa shape index (κ3) is 6.25. The third-order valence-electron chi connectivity index (χ3n) is 6.06. The van der Waals surface area contributed by atoms with E-state index in [0.717, 1.165) is 43.6 Å². The number of halogens is 3. The molecule has 0 aliphatic carbocycles. The van der Waals surface area contributed by atoms with Gasteiger partial charge in [0.1, 0.15) is 0 Å². The second-order valence-corrected chi connectivity index (χ2v) is 10.3. The van der Waals surface area contributed by atoms with Crippen molar-refractivity contribution in [3.8, 4) is 11.3 Å². The Kier molecular flexibility index (Phi) is 7.55. The minimum absolute atomic E-state index is 0.0593. The number of anilines is 2. The number of amides is 1. The molecule has 0 radical (unpaired) electrons. The molecule has 1 atom stereocenters. The average Bonchev–Trinajstić information content (AvgIpc) is 2.74. The number of carbonyl (C=O) groups excluding carboxylic acids is 1. The van der Waals surface area contributed by atoms with Crippen molar-refractivity contribution in [2.45, 2.75) is 72.6 Å². The van der Waals surface area contributed by atoms with Crippen molar-refractivity contribution in [2.75, 3.05) is 23.7 Å². The van der Waals surface area contributed by atoms with Gasteiger partial charge in [-0.2, -0.15) is 13.2 Å². The summed E-state index contributed by atoms with van der Waals surface area (Å²) in [6, 6.07) is 5.79. The summed E-state index contributed by atoms with van der Waals surface area (Å²) in [6.07, 6.45) is -2.39. The Bertz CT molecular complexity index is 1030. The molecule has 2 N–H and O–H groups in total. The van der Waals surface area contributed by atoms with Crippen molar-refractivity contribution in [3.05, 3.63) is 35.4 Å². The van der Waals surface area contributed by atoms with Gasteiger partial charge in [-0.1, -0.05) is 26.8 Å². The SMILES string of the molecule is Cc1cc(-c2ccc(C(F)(F)F)cc2NC(=O)C(C)(C)C)nnc1N[C@@H]1CCCN(C(C)C)C1. The Hall–Kier alpha value is -2.68. The molecule has 3 rings (SSSR count). The van der Waals surface area contributed by atoms with Crippen LogP contribution in [-0.2, 0) is 11.0 Å². The van der Waals surface area contributed by atoms with Gasteiger partial charge in [0.15, 0.2) is 5.82 Å². The van der Waals surface area contributed by atoms with Crippen molar-refractivity contribution in [1.29, 1.82) is 0 Å². The molecule has 1 aromatic heterocycles. The fourth-order valence-electron chi connectivity index (χ4n) is 3.90. The number of hydrogen-bond acceptors (Lipinski definition) is 5. The van der Waals surface area contributed by atoms with E-state index in [0.29, 0.717) is 23.1 Å². The maximum atomic E-state index is 13.3. The van der Waals surface area contributed by atoms with E-state index in [9.17, 15) is 18.0 Å². The number of alkyl halides is 3. The first kappa shape index (κ1) is 25.9. The van der Waals surface area contributed by atoms with Crippen molar-refractivity contribution in [3.63, 3.8) is 0 Å². The van der Waals surface area contributed by atoms with Gasteiger partial charge in [-0.05, 0) is 63.9 Å². The monoisotopic (exact) mass is 477 g/mol. The Balaban J connectivity index is 1.90. The molecule has 1 amide bonds. The summed E-state index contributed by atoms with van der Waals surface area (Å²) in [4.78, 5) is 15.0. The molecule has 1 aliphatic rings. The lowest BCUT2D eigenvalue weighted by Gasteiger charge is -2.36. The van der Waals surface area contributed by atoms with Crippen LogP contribution in [0.25, 0.3) is 11.3 Å². The van der Waals surface area contributed by atoms with Crippen LogP contribution in [0.15, 0.2) is 24.3 Å². The standard InChI is InChI=1S/C25H34F3N5O/c1-15(2)33-11-7-8-18(14-33)29-22-16(3)12-21(31-32-22)19-10-9-17(25(26,27)28)13-20(19)30-23(34)24(4,5)6/h9-10,12-13,15,18H,7-8,11,14H2,1-6H3,(H,29,32)(H,30,34)/t18-/m1/s1. The van der Waals surface area contributed by atoms with E-state index in [1.807, 2.05) is 6.92 Å². The molecule has 6 nitrogen and oxygen atoms in total. The van der Waals surface area contributed by atoms with Gasteiger partial charge >= 0.3 is 6.18 Å². The largest absolute Gasteiger partial charge is 0.416 e. The molecule has 1 fully saturated rings. The van der Waals surface area contributed by atoms with E-state index in [4.69, 9.17) is 0 Å². The van der Waals surface area contributed by atoms with E-state index in [-0.39, 0.29) is 17.6 Å². The maximum absolute atomic E-state index is 13.3. The lowest BCUT2D eigenvalue weighted by molar-refractivity contribution is -0.137. The van der Waals surface area contributed by atoms with Gasteiger partial charge in [0.2, 0.25) is 5.91 Å². The fraction of sp³-hybridized carbons (Fsp3) is 0.560. The second kappa shape index (κ2) is 9.90. The van der Waals surface area contributed by atoms with E-state index >= 15 is 0 Å². The molecular formula is C25H34F3N5O. The predicted molar refractivity (Wildman–Crippen MR) is 129 cm³/mol. The zero-order valence-corrected chi connectivity index (χ0v) is 20.7. The summed E-state index contributed by atoms with van der Waals surface area (Å²) in [5.41, 5.74) is 0.0639. The van der Waals surface area contributed by atoms with E-state index in [1.165, 1.54) is 6.07 Å². The number of nitrogens with one attached hydrogen (secondary N) is 2. The molecule has 0 bridgehead atoms. The minimum Gasteiger partial charge on any atom is -0.364 e. The van der Waals surface area contributed by atoms with Gasteiger partial charge in [0.25, 0.3) is 0 Å². The summed E-state index contributed by atoms with van der Waals surface area (Å²) >= 11 is 0. The van der Waals surface area contributed by atoms with Crippen molar-refractivity contribution in [1.82, 2.24) is 15.1 Å². The van der Waals surface area contributed by atoms with Gasteiger partial charge < -0.3 is 10.6 Å². The molecule has 1 aliphatic heterocycles. The Labute approximate surface area is 199 Å². The highest BCUT2D eigenvalue weighted by Crippen LogP contribution is 2.36. The summed E-state index contributed by atoms with van der Waals surface area (Å²) in [5, 5.41) is 14.8. The molecule has 9 heteroatoms. The van der Waals surface area contributed by atoms with Crippen LogP contribution >= 0.6 is 0 Å². The third-order valence-corrected chi connectivity index (χ3v) is 6.06. The van der Waals surface area contributed by atoms with E-state index in [2.05, 4.69) is 39.6 Å². The van der Waals surface area contributed by atoms with Crippen LogP contribution in [0, 0.1) is 12.3 Å². The second-order valence-electron chi connectivity index (χ2n) is 10.3. The number of aromatic nitrogens is 2. The molecule has 2 heterocycles. The van der Waals surface area contributed by atoms with Crippen LogP contribution in [0.3, 0.4) is 0 Å². The highest BCUT2D eigenvalue weighted by atomic mass is 19.4. The van der Waals surface area contributed by atoms with Crippen LogP contribution in [-0.4, -0.2) is 46.2 Å². The first-order chi connectivity index (χ1) is 15.8. The lowest BCUT2D eigenvalue weighted by Crippen LogP contribution is -2.45. The molecule has 0 saturated carbocycles. The average molecular weight is 478 g/mol. The zero-order valence-electron chi connectivity index (χ0n) is 20.7. The minimum atomic E-state index is -4.53. The smallest absolute Gasteiger partial charge is 0.364 e. The van der Waals surface area contributed by atoms with Gasteiger partial charge in [0.05, 0.1) is 16.9 Å². The number of benzene rings is 1. The van der Waals surface area contributed by atoms with Crippen molar-refractivity contribution < 1.29 is 18.0 Å². The van der Waals surface area contributed by atoms with Gasteiger partial charge in [0, 0.05) is 29.6 Å². The van der Waals surface area contributed by atoms with Crippen molar-refractivity contribution >= 4 is 17.4 Å².